The van der Waals surface area contributed by atoms with Gasteiger partial charge in [0.1, 0.15) is 0 Å². The molecule has 0 bridgehead atoms. The highest BCUT2D eigenvalue weighted by atomic mass is 35.5. The summed E-state index contributed by atoms with van der Waals surface area (Å²) in [5, 5.41) is 1.59. The van der Waals surface area contributed by atoms with Crippen molar-refractivity contribution in [3.63, 3.8) is 0 Å². The van der Waals surface area contributed by atoms with E-state index < -0.39 is 0 Å². The van der Waals surface area contributed by atoms with Crippen LogP contribution in [0.2, 0.25) is 0 Å². The first-order valence-electron chi connectivity index (χ1n) is 5.82. The molecular formula is C14H14ClN. The number of rotatable bonds is 1. The Labute approximate surface area is 100 Å². The van der Waals surface area contributed by atoms with Crippen LogP contribution in [0.4, 0.5) is 0 Å². The van der Waals surface area contributed by atoms with Gasteiger partial charge in [-0.05, 0) is 42.9 Å². The number of benzene rings is 1. The van der Waals surface area contributed by atoms with E-state index in [1.54, 1.807) is 0 Å². The molecule has 0 N–H and O–H groups in total. The summed E-state index contributed by atoms with van der Waals surface area (Å²) in [5.74, 6) is 0.611. The van der Waals surface area contributed by atoms with E-state index in [2.05, 4.69) is 29.2 Å². The third-order valence-electron chi connectivity index (χ3n) is 3.45. The average molecular weight is 232 g/mol. The standard InChI is InChI=1S/C14H14ClN/c15-13-6-5-10(8-13)12-7-11-3-1-2-4-14(11)16-9-12/h1-4,7,9-10,13H,5-6,8H2. The highest BCUT2D eigenvalue weighted by Gasteiger charge is 2.24. The molecule has 1 fully saturated rings. The summed E-state index contributed by atoms with van der Waals surface area (Å²) < 4.78 is 0. The lowest BCUT2D eigenvalue weighted by molar-refractivity contribution is 0.722. The van der Waals surface area contributed by atoms with Gasteiger partial charge < -0.3 is 0 Å². The highest BCUT2D eigenvalue weighted by molar-refractivity contribution is 6.20. The van der Waals surface area contributed by atoms with Crippen molar-refractivity contribution in [2.75, 3.05) is 0 Å². The van der Waals surface area contributed by atoms with Crippen molar-refractivity contribution >= 4 is 22.5 Å². The molecule has 1 aromatic heterocycles. The van der Waals surface area contributed by atoms with Crippen molar-refractivity contribution < 1.29 is 0 Å². The van der Waals surface area contributed by atoms with Crippen LogP contribution in [-0.2, 0) is 0 Å². The van der Waals surface area contributed by atoms with Crippen molar-refractivity contribution in [2.24, 2.45) is 0 Å². The van der Waals surface area contributed by atoms with E-state index in [-0.39, 0.29) is 0 Å². The third kappa shape index (κ3) is 1.80. The first-order valence-corrected chi connectivity index (χ1v) is 6.25. The fraction of sp³-hybridized carbons (Fsp3) is 0.357. The monoisotopic (exact) mass is 231 g/mol. The summed E-state index contributed by atoms with van der Waals surface area (Å²) in [6.45, 7) is 0. The molecule has 0 amide bonds. The summed E-state index contributed by atoms with van der Waals surface area (Å²) in [5.41, 5.74) is 2.42. The van der Waals surface area contributed by atoms with E-state index in [1.165, 1.54) is 17.4 Å². The van der Waals surface area contributed by atoms with Crippen LogP contribution in [0.25, 0.3) is 10.9 Å². The SMILES string of the molecule is ClC1CCC(c2cnc3ccccc3c2)C1. The molecule has 0 saturated heterocycles. The highest BCUT2D eigenvalue weighted by Crippen LogP contribution is 2.37. The zero-order valence-corrected chi connectivity index (χ0v) is 9.82. The quantitative estimate of drug-likeness (QED) is 0.673. The fourth-order valence-corrected chi connectivity index (χ4v) is 2.88. The number of pyridine rings is 1. The molecule has 1 nitrogen and oxygen atoms in total. The molecule has 1 aromatic carbocycles. The maximum absolute atomic E-state index is 6.15. The Kier molecular flexibility index (Phi) is 2.56. The molecule has 0 radical (unpaired) electrons. The van der Waals surface area contributed by atoms with Gasteiger partial charge >= 0.3 is 0 Å². The fourth-order valence-electron chi connectivity index (χ4n) is 2.54. The van der Waals surface area contributed by atoms with Crippen LogP contribution in [0.5, 0.6) is 0 Å². The normalized spacial score (nSPS) is 25.1. The van der Waals surface area contributed by atoms with Crippen LogP contribution in [0.1, 0.15) is 30.7 Å². The van der Waals surface area contributed by atoms with Gasteiger partial charge in [-0.3, -0.25) is 4.98 Å². The molecule has 1 aliphatic carbocycles. The predicted molar refractivity (Wildman–Crippen MR) is 68.0 cm³/mol. The van der Waals surface area contributed by atoms with Crippen LogP contribution in [0.15, 0.2) is 36.5 Å². The van der Waals surface area contributed by atoms with E-state index in [1.807, 2.05) is 12.3 Å². The Balaban J connectivity index is 1.99. The molecule has 82 valence electrons. The lowest BCUT2D eigenvalue weighted by Gasteiger charge is -2.09. The smallest absolute Gasteiger partial charge is 0.0702 e. The van der Waals surface area contributed by atoms with Gasteiger partial charge in [0.15, 0.2) is 0 Å². The number of para-hydroxylation sites is 1. The van der Waals surface area contributed by atoms with Crippen molar-refractivity contribution in [3.05, 3.63) is 42.1 Å². The molecule has 2 heteroatoms. The molecular weight excluding hydrogens is 218 g/mol. The first kappa shape index (κ1) is 10.1. The number of alkyl halides is 1. The summed E-state index contributed by atoms with van der Waals surface area (Å²) >= 11 is 6.15. The van der Waals surface area contributed by atoms with E-state index >= 15 is 0 Å². The first-order chi connectivity index (χ1) is 7.83. The third-order valence-corrected chi connectivity index (χ3v) is 3.85. The Morgan fingerprint density at radius 3 is 2.88 bits per heavy atom. The van der Waals surface area contributed by atoms with E-state index in [9.17, 15) is 0 Å². The molecule has 3 rings (SSSR count). The van der Waals surface area contributed by atoms with Crippen LogP contribution >= 0.6 is 11.6 Å². The Morgan fingerprint density at radius 2 is 2.06 bits per heavy atom. The molecule has 0 spiro atoms. The Hall–Kier alpha value is -1.08. The number of nitrogens with zero attached hydrogens (tertiary/aromatic N) is 1. The number of fused-ring (bicyclic) bond motifs is 1. The van der Waals surface area contributed by atoms with Gasteiger partial charge in [-0.15, -0.1) is 11.6 Å². The van der Waals surface area contributed by atoms with Crippen molar-refractivity contribution in [1.29, 1.82) is 0 Å². The molecule has 2 unspecified atom stereocenters. The van der Waals surface area contributed by atoms with Crippen molar-refractivity contribution in [1.82, 2.24) is 4.98 Å². The molecule has 2 atom stereocenters. The van der Waals surface area contributed by atoms with Crippen LogP contribution < -0.4 is 0 Å². The number of hydrogen-bond donors (Lipinski definition) is 0. The number of aromatic nitrogens is 1. The van der Waals surface area contributed by atoms with Gasteiger partial charge in [-0.1, -0.05) is 18.2 Å². The number of hydrogen-bond acceptors (Lipinski definition) is 1. The summed E-state index contributed by atoms with van der Waals surface area (Å²) in [6, 6.07) is 10.5. The second-order valence-electron chi connectivity index (χ2n) is 4.57. The Bertz CT molecular complexity index is 509. The predicted octanol–water partition coefficient (Wildman–Crippen LogP) is 4.11. The average Bonchev–Trinajstić information content (AvgIpc) is 2.75. The maximum Gasteiger partial charge on any atom is 0.0702 e. The zero-order chi connectivity index (χ0) is 11.0. The summed E-state index contributed by atoms with van der Waals surface area (Å²) in [4.78, 5) is 4.51. The van der Waals surface area contributed by atoms with Crippen LogP contribution in [-0.4, -0.2) is 10.4 Å². The molecule has 16 heavy (non-hydrogen) atoms. The van der Waals surface area contributed by atoms with Gasteiger partial charge in [0.05, 0.1) is 5.52 Å². The van der Waals surface area contributed by atoms with E-state index in [0.717, 1.165) is 18.4 Å². The van der Waals surface area contributed by atoms with Gasteiger partial charge in [0.2, 0.25) is 0 Å². The van der Waals surface area contributed by atoms with Crippen LogP contribution in [0.3, 0.4) is 0 Å². The summed E-state index contributed by atoms with van der Waals surface area (Å²) in [6.07, 6.45) is 5.46. The topological polar surface area (TPSA) is 12.9 Å². The zero-order valence-electron chi connectivity index (χ0n) is 9.07. The second-order valence-corrected chi connectivity index (χ2v) is 5.19. The largest absolute Gasteiger partial charge is 0.256 e. The molecule has 2 aromatic rings. The molecule has 1 heterocycles. The van der Waals surface area contributed by atoms with E-state index in [4.69, 9.17) is 11.6 Å². The minimum absolute atomic E-state index is 0.358. The second kappa shape index (κ2) is 4.06. The maximum atomic E-state index is 6.15. The summed E-state index contributed by atoms with van der Waals surface area (Å²) in [7, 11) is 0. The Morgan fingerprint density at radius 1 is 1.19 bits per heavy atom. The minimum Gasteiger partial charge on any atom is -0.256 e. The lowest BCUT2D eigenvalue weighted by Crippen LogP contribution is -1.95. The van der Waals surface area contributed by atoms with Crippen molar-refractivity contribution in [2.45, 2.75) is 30.6 Å². The van der Waals surface area contributed by atoms with E-state index in [0.29, 0.717) is 11.3 Å². The van der Waals surface area contributed by atoms with Crippen molar-refractivity contribution in [3.8, 4) is 0 Å². The molecule has 0 aliphatic heterocycles. The molecule has 1 saturated carbocycles. The van der Waals surface area contributed by atoms with Gasteiger partial charge in [-0.2, -0.15) is 0 Å². The van der Waals surface area contributed by atoms with Gasteiger partial charge in [0, 0.05) is 17.0 Å². The lowest BCUT2D eigenvalue weighted by atomic mass is 9.98. The molecule has 1 aliphatic rings. The van der Waals surface area contributed by atoms with Gasteiger partial charge in [0.25, 0.3) is 0 Å². The minimum atomic E-state index is 0.358. The van der Waals surface area contributed by atoms with Crippen LogP contribution in [0, 0.1) is 0 Å². The van der Waals surface area contributed by atoms with Gasteiger partial charge in [-0.25, -0.2) is 0 Å². The number of halogens is 1.